The second-order valence-corrected chi connectivity index (χ2v) is 5.26. The van der Waals surface area contributed by atoms with Gasteiger partial charge in [0.15, 0.2) is 0 Å². The molecule has 2 rings (SSSR count). The van der Waals surface area contributed by atoms with Crippen LogP contribution in [0.3, 0.4) is 0 Å². The number of halogens is 4. The molecule has 0 aliphatic heterocycles. The van der Waals surface area contributed by atoms with Crippen molar-refractivity contribution in [1.29, 1.82) is 0 Å². The van der Waals surface area contributed by atoms with Crippen LogP contribution in [0.25, 0.3) is 5.69 Å². The number of aromatic nitrogens is 1. The fraction of sp³-hybridized carbons (Fsp3) is 0.231. The second-order valence-electron chi connectivity index (χ2n) is 4.04. The third kappa shape index (κ3) is 3.69. The lowest BCUT2D eigenvalue weighted by molar-refractivity contribution is -0.137. The Kier molecular flexibility index (Phi) is 4.92. The first-order valence-corrected chi connectivity index (χ1v) is 7.34. The number of amides is 1. The van der Waals surface area contributed by atoms with Crippen LogP contribution in [0.2, 0.25) is 5.15 Å². The maximum Gasteiger partial charge on any atom is 0.436 e. The number of thiazole rings is 1. The Morgan fingerprint density at radius 1 is 1.45 bits per heavy atom. The minimum Gasteiger partial charge on any atom is -0.448 e. The van der Waals surface area contributed by atoms with E-state index < -0.39 is 17.8 Å². The van der Waals surface area contributed by atoms with Gasteiger partial charge in [-0.2, -0.15) is 13.2 Å². The minimum absolute atomic E-state index is 0.128. The molecule has 0 bridgehead atoms. The Labute approximate surface area is 132 Å². The molecule has 0 N–H and O–H groups in total. The molecule has 1 aromatic heterocycles. The van der Waals surface area contributed by atoms with E-state index in [1.807, 2.05) is 0 Å². The molecular formula is C13H10ClF3N2O2S. The second kappa shape index (κ2) is 6.53. The lowest BCUT2D eigenvalue weighted by Crippen LogP contribution is -2.16. The van der Waals surface area contributed by atoms with Crippen LogP contribution in [-0.4, -0.2) is 17.3 Å². The minimum atomic E-state index is -4.47. The summed E-state index contributed by atoms with van der Waals surface area (Å²) in [7, 11) is 0. The number of alkyl halides is 3. The largest absolute Gasteiger partial charge is 0.448 e. The van der Waals surface area contributed by atoms with Crippen LogP contribution in [0.5, 0.6) is 0 Å². The summed E-state index contributed by atoms with van der Waals surface area (Å²) < 4.78 is 44.3. The molecule has 4 nitrogen and oxygen atoms in total. The molecule has 0 atom stereocenters. The highest BCUT2D eigenvalue weighted by Gasteiger charge is 2.30. The van der Waals surface area contributed by atoms with Crippen molar-refractivity contribution in [1.82, 2.24) is 4.57 Å². The summed E-state index contributed by atoms with van der Waals surface area (Å²) in [6.07, 6.45) is -5.31. The average molecular weight is 351 g/mol. The third-order valence-electron chi connectivity index (χ3n) is 2.55. The Balaban J connectivity index is 2.54. The van der Waals surface area contributed by atoms with Gasteiger partial charge in [0.05, 0.1) is 12.2 Å². The van der Waals surface area contributed by atoms with Gasteiger partial charge in [0.2, 0.25) is 4.80 Å². The number of rotatable bonds is 2. The van der Waals surface area contributed by atoms with Gasteiger partial charge in [0.25, 0.3) is 0 Å². The molecule has 0 aliphatic carbocycles. The molecule has 118 valence electrons. The first-order chi connectivity index (χ1) is 10.3. The number of benzene rings is 1. The zero-order valence-electron chi connectivity index (χ0n) is 11.2. The highest BCUT2D eigenvalue weighted by atomic mass is 35.5. The molecule has 2 aromatic rings. The maximum atomic E-state index is 12.8. The summed E-state index contributed by atoms with van der Waals surface area (Å²) >= 11 is 7.01. The molecule has 0 radical (unpaired) electrons. The van der Waals surface area contributed by atoms with Crippen molar-refractivity contribution in [2.75, 3.05) is 6.61 Å². The molecule has 22 heavy (non-hydrogen) atoms. The summed E-state index contributed by atoms with van der Waals surface area (Å²) in [5.74, 6) is 0. The Hall–Kier alpha value is -1.80. The molecule has 0 saturated carbocycles. The van der Waals surface area contributed by atoms with Gasteiger partial charge in [0, 0.05) is 11.1 Å². The number of nitrogens with zero attached hydrogens (tertiary/aromatic N) is 2. The van der Waals surface area contributed by atoms with Gasteiger partial charge < -0.3 is 4.74 Å². The van der Waals surface area contributed by atoms with Crippen molar-refractivity contribution in [2.45, 2.75) is 13.1 Å². The van der Waals surface area contributed by atoms with Gasteiger partial charge in [-0.25, -0.2) is 4.79 Å². The van der Waals surface area contributed by atoms with Crippen molar-refractivity contribution in [3.05, 3.63) is 45.2 Å². The van der Waals surface area contributed by atoms with Crippen LogP contribution < -0.4 is 4.80 Å². The van der Waals surface area contributed by atoms with Crippen LogP contribution in [0, 0.1) is 0 Å². The van der Waals surface area contributed by atoms with Gasteiger partial charge >= 0.3 is 12.3 Å². The van der Waals surface area contributed by atoms with Crippen LogP contribution >= 0.6 is 22.9 Å². The summed E-state index contributed by atoms with van der Waals surface area (Å²) in [6.45, 7) is 1.76. The standard InChI is InChI=1S/C13H10ClF3N2O2S/c1-2-21-12(20)18-11-19(10(14)7-22-11)9-5-3-4-8(6-9)13(15,16)17/h3-7H,2H2,1H3/b18-11+. The number of hydrogen-bond donors (Lipinski definition) is 0. The van der Waals surface area contributed by atoms with Gasteiger partial charge in [-0.3, -0.25) is 4.57 Å². The van der Waals surface area contributed by atoms with Crippen LogP contribution in [0.4, 0.5) is 18.0 Å². The topological polar surface area (TPSA) is 43.6 Å². The van der Waals surface area contributed by atoms with Crippen LogP contribution in [0.1, 0.15) is 12.5 Å². The summed E-state index contributed by atoms with van der Waals surface area (Å²) in [5.41, 5.74) is -0.661. The molecule has 1 amide bonds. The van der Waals surface area contributed by atoms with Gasteiger partial charge in [0.1, 0.15) is 5.15 Å². The summed E-state index contributed by atoms with van der Waals surface area (Å²) in [6, 6.07) is 4.58. The fourth-order valence-corrected chi connectivity index (χ4v) is 2.77. The van der Waals surface area contributed by atoms with Gasteiger partial charge in [-0.1, -0.05) is 17.7 Å². The molecule has 9 heteroatoms. The molecule has 1 aromatic carbocycles. The molecule has 0 aliphatic rings. The highest BCUT2D eigenvalue weighted by molar-refractivity contribution is 7.07. The third-order valence-corrected chi connectivity index (χ3v) is 3.79. The lowest BCUT2D eigenvalue weighted by Gasteiger charge is -2.10. The van der Waals surface area contributed by atoms with E-state index in [1.54, 1.807) is 6.92 Å². The van der Waals surface area contributed by atoms with E-state index in [4.69, 9.17) is 11.6 Å². The predicted octanol–water partition coefficient (Wildman–Crippen LogP) is 4.27. The van der Waals surface area contributed by atoms with E-state index in [0.717, 1.165) is 23.5 Å². The van der Waals surface area contributed by atoms with Crippen molar-refractivity contribution >= 4 is 29.0 Å². The monoisotopic (exact) mass is 350 g/mol. The zero-order valence-corrected chi connectivity index (χ0v) is 12.8. The van der Waals surface area contributed by atoms with Crippen LogP contribution in [-0.2, 0) is 10.9 Å². The number of carbonyl (C=O) groups excluding carboxylic acids is 1. The Bertz CT molecular complexity index is 752. The summed E-state index contributed by atoms with van der Waals surface area (Å²) in [5, 5.41) is 1.62. The van der Waals surface area contributed by atoms with E-state index in [-0.39, 0.29) is 22.2 Å². The number of ether oxygens (including phenoxy) is 1. The molecule has 1 heterocycles. The van der Waals surface area contributed by atoms with Crippen molar-refractivity contribution < 1.29 is 22.7 Å². The molecule has 0 saturated heterocycles. The lowest BCUT2D eigenvalue weighted by atomic mass is 10.2. The molecule has 0 fully saturated rings. The number of hydrogen-bond acceptors (Lipinski definition) is 3. The smallest absolute Gasteiger partial charge is 0.436 e. The predicted molar refractivity (Wildman–Crippen MR) is 76.2 cm³/mol. The maximum absolute atomic E-state index is 12.8. The van der Waals surface area contributed by atoms with Crippen molar-refractivity contribution in [3.63, 3.8) is 0 Å². The van der Waals surface area contributed by atoms with Gasteiger partial charge in [-0.15, -0.1) is 16.3 Å². The normalized spacial score (nSPS) is 12.5. The first kappa shape index (κ1) is 16.6. The fourth-order valence-electron chi connectivity index (χ4n) is 1.66. The molecular weight excluding hydrogens is 341 g/mol. The molecule has 0 unspecified atom stereocenters. The summed E-state index contributed by atoms with van der Waals surface area (Å²) in [4.78, 5) is 15.2. The van der Waals surface area contributed by atoms with E-state index in [1.165, 1.54) is 22.1 Å². The van der Waals surface area contributed by atoms with E-state index in [9.17, 15) is 18.0 Å². The van der Waals surface area contributed by atoms with E-state index in [2.05, 4.69) is 9.73 Å². The first-order valence-electron chi connectivity index (χ1n) is 6.08. The Morgan fingerprint density at radius 2 is 2.18 bits per heavy atom. The number of carbonyl (C=O) groups is 1. The Morgan fingerprint density at radius 3 is 2.82 bits per heavy atom. The van der Waals surface area contributed by atoms with E-state index >= 15 is 0 Å². The van der Waals surface area contributed by atoms with Gasteiger partial charge in [-0.05, 0) is 25.1 Å². The zero-order chi connectivity index (χ0) is 16.3. The van der Waals surface area contributed by atoms with Crippen molar-refractivity contribution in [3.8, 4) is 5.69 Å². The molecule has 0 spiro atoms. The highest BCUT2D eigenvalue weighted by Crippen LogP contribution is 2.30. The quantitative estimate of drug-likeness (QED) is 0.812. The van der Waals surface area contributed by atoms with Crippen molar-refractivity contribution in [2.24, 2.45) is 4.99 Å². The SMILES string of the molecule is CCOC(=O)/N=c1/scc(Cl)n1-c1cccc(C(F)(F)F)c1. The van der Waals surface area contributed by atoms with E-state index in [0.29, 0.717) is 0 Å². The average Bonchev–Trinajstić information content (AvgIpc) is 2.79. The van der Waals surface area contributed by atoms with Crippen LogP contribution in [0.15, 0.2) is 34.6 Å².